The first kappa shape index (κ1) is 15.0. The lowest BCUT2D eigenvalue weighted by Crippen LogP contribution is -2.53. The molecule has 1 N–H and O–H groups in total. The third kappa shape index (κ3) is 3.01. The lowest BCUT2D eigenvalue weighted by Gasteiger charge is -2.44. The van der Waals surface area contributed by atoms with Crippen LogP contribution in [0.5, 0.6) is 0 Å². The van der Waals surface area contributed by atoms with Crippen LogP contribution in [-0.2, 0) is 4.74 Å². The Kier molecular flexibility index (Phi) is 4.77. The van der Waals surface area contributed by atoms with E-state index >= 15 is 0 Å². The van der Waals surface area contributed by atoms with Crippen LogP contribution in [0.15, 0.2) is 24.3 Å². The summed E-state index contributed by atoms with van der Waals surface area (Å²) in [7, 11) is 0. The molecule has 0 radical (unpaired) electrons. The monoisotopic (exact) mass is 274 g/mol. The van der Waals surface area contributed by atoms with Crippen molar-refractivity contribution in [3.05, 3.63) is 35.4 Å². The highest BCUT2D eigenvalue weighted by atomic mass is 16.5. The van der Waals surface area contributed by atoms with Gasteiger partial charge in [-0.15, -0.1) is 0 Å². The molecule has 1 aromatic carbocycles. The minimum atomic E-state index is -0.100. The Bertz CT molecular complexity index is 469. The van der Waals surface area contributed by atoms with Crippen molar-refractivity contribution in [3.63, 3.8) is 0 Å². The van der Waals surface area contributed by atoms with Crippen LogP contribution < -0.4 is 0 Å². The second-order valence-corrected chi connectivity index (χ2v) is 5.62. The number of nitrogens with zero attached hydrogens (tertiary/aromatic N) is 2. The van der Waals surface area contributed by atoms with Gasteiger partial charge in [-0.3, -0.25) is 4.90 Å². The molecular formula is C16H22N2O2. The van der Waals surface area contributed by atoms with E-state index in [0.717, 1.165) is 13.1 Å². The normalized spacial score (nSPS) is 18.4. The van der Waals surface area contributed by atoms with Crippen molar-refractivity contribution in [2.45, 2.75) is 19.9 Å². The summed E-state index contributed by atoms with van der Waals surface area (Å²) >= 11 is 0. The molecule has 0 saturated carbocycles. The van der Waals surface area contributed by atoms with Crippen LogP contribution >= 0.6 is 0 Å². The van der Waals surface area contributed by atoms with E-state index in [-0.39, 0.29) is 18.1 Å². The predicted molar refractivity (Wildman–Crippen MR) is 77.2 cm³/mol. The fourth-order valence-corrected chi connectivity index (χ4v) is 2.62. The van der Waals surface area contributed by atoms with Gasteiger partial charge in [0, 0.05) is 12.6 Å². The maximum absolute atomic E-state index is 9.56. The highest BCUT2D eigenvalue weighted by Crippen LogP contribution is 2.31. The Balaban J connectivity index is 2.08. The molecular weight excluding hydrogens is 252 g/mol. The van der Waals surface area contributed by atoms with Crippen LogP contribution in [0.3, 0.4) is 0 Å². The molecule has 2 rings (SSSR count). The highest BCUT2D eigenvalue weighted by molar-refractivity contribution is 5.32. The van der Waals surface area contributed by atoms with E-state index in [4.69, 9.17) is 10.00 Å². The molecule has 0 bridgehead atoms. The second-order valence-electron chi connectivity index (χ2n) is 5.62. The minimum Gasteiger partial charge on any atom is -0.396 e. The molecule has 1 aliphatic rings. The lowest BCUT2D eigenvalue weighted by molar-refractivity contribution is -0.151. The summed E-state index contributed by atoms with van der Waals surface area (Å²) in [5.41, 5.74) is 1.78. The molecule has 0 spiro atoms. The molecule has 4 heteroatoms. The van der Waals surface area contributed by atoms with Crippen LogP contribution in [0, 0.1) is 16.7 Å². The Labute approximate surface area is 120 Å². The third-order valence-corrected chi connectivity index (χ3v) is 4.17. The van der Waals surface area contributed by atoms with E-state index in [2.05, 4.69) is 24.8 Å². The topological polar surface area (TPSA) is 56.5 Å². The number of nitriles is 1. The van der Waals surface area contributed by atoms with Crippen LogP contribution in [0.25, 0.3) is 0 Å². The highest BCUT2D eigenvalue weighted by Gasteiger charge is 2.40. The van der Waals surface area contributed by atoms with E-state index in [0.29, 0.717) is 18.8 Å². The molecule has 1 saturated heterocycles. The minimum absolute atomic E-state index is 0.100. The molecule has 1 aromatic rings. The zero-order chi connectivity index (χ0) is 14.6. The molecule has 1 unspecified atom stereocenters. The van der Waals surface area contributed by atoms with Crippen LogP contribution in [-0.4, -0.2) is 42.9 Å². The Morgan fingerprint density at radius 3 is 2.45 bits per heavy atom. The van der Waals surface area contributed by atoms with Crippen molar-refractivity contribution in [3.8, 4) is 6.07 Å². The van der Waals surface area contributed by atoms with Crippen molar-refractivity contribution in [2.75, 3.05) is 32.9 Å². The average Bonchev–Trinajstić information content (AvgIpc) is 2.46. The van der Waals surface area contributed by atoms with E-state index in [1.165, 1.54) is 5.56 Å². The first-order valence-electron chi connectivity index (χ1n) is 7.07. The molecule has 1 aliphatic heterocycles. The average molecular weight is 274 g/mol. The van der Waals surface area contributed by atoms with Crippen molar-refractivity contribution in [1.29, 1.82) is 5.26 Å². The van der Waals surface area contributed by atoms with Gasteiger partial charge in [0.05, 0.1) is 36.9 Å². The van der Waals surface area contributed by atoms with Crippen molar-refractivity contribution in [1.82, 2.24) is 4.90 Å². The van der Waals surface area contributed by atoms with Crippen LogP contribution in [0.2, 0.25) is 0 Å². The quantitative estimate of drug-likeness (QED) is 0.861. The summed E-state index contributed by atoms with van der Waals surface area (Å²) in [6, 6.07) is 10.1. The fourth-order valence-electron chi connectivity index (χ4n) is 2.62. The Hall–Kier alpha value is -1.41. The largest absolute Gasteiger partial charge is 0.396 e. The number of hydrogen-bond donors (Lipinski definition) is 1. The molecule has 20 heavy (non-hydrogen) atoms. The van der Waals surface area contributed by atoms with E-state index in [1.54, 1.807) is 0 Å². The summed E-state index contributed by atoms with van der Waals surface area (Å²) in [5, 5.41) is 18.4. The van der Waals surface area contributed by atoms with Gasteiger partial charge in [0.1, 0.15) is 0 Å². The zero-order valence-electron chi connectivity index (χ0n) is 12.2. The van der Waals surface area contributed by atoms with Gasteiger partial charge in [0.15, 0.2) is 0 Å². The molecule has 1 fully saturated rings. The smallest absolute Gasteiger partial charge is 0.0991 e. The number of rotatable bonds is 6. The van der Waals surface area contributed by atoms with E-state index < -0.39 is 0 Å². The SMILES string of the molecule is CCN(CC1(CO)COC1)C(C)c1ccc(C#N)cc1. The number of aliphatic hydroxyl groups is 1. The Morgan fingerprint density at radius 2 is 2.05 bits per heavy atom. The summed E-state index contributed by atoms with van der Waals surface area (Å²) in [5.74, 6) is 0. The molecule has 1 atom stereocenters. The summed E-state index contributed by atoms with van der Waals surface area (Å²) in [6.45, 7) is 7.49. The molecule has 108 valence electrons. The van der Waals surface area contributed by atoms with Gasteiger partial charge in [-0.1, -0.05) is 19.1 Å². The van der Waals surface area contributed by atoms with Crippen molar-refractivity contribution < 1.29 is 9.84 Å². The Morgan fingerprint density at radius 1 is 1.40 bits per heavy atom. The summed E-state index contributed by atoms with van der Waals surface area (Å²) < 4.78 is 5.27. The first-order valence-corrected chi connectivity index (χ1v) is 7.07. The standard InChI is InChI=1S/C16H22N2O2/c1-3-18(9-16(10-19)11-20-12-16)13(2)15-6-4-14(8-17)5-7-15/h4-7,13,19H,3,9-12H2,1-2H3. The number of benzene rings is 1. The second kappa shape index (κ2) is 6.36. The van der Waals surface area contributed by atoms with Gasteiger partial charge in [-0.05, 0) is 31.2 Å². The zero-order valence-corrected chi connectivity index (χ0v) is 12.2. The molecule has 4 nitrogen and oxygen atoms in total. The third-order valence-electron chi connectivity index (χ3n) is 4.17. The van der Waals surface area contributed by atoms with Crippen molar-refractivity contribution in [2.24, 2.45) is 5.41 Å². The maximum Gasteiger partial charge on any atom is 0.0991 e. The molecule has 0 amide bonds. The molecule has 1 heterocycles. The van der Waals surface area contributed by atoms with Gasteiger partial charge in [-0.25, -0.2) is 0 Å². The maximum atomic E-state index is 9.56. The number of hydrogen-bond acceptors (Lipinski definition) is 4. The van der Waals surface area contributed by atoms with Gasteiger partial charge in [0.2, 0.25) is 0 Å². The van der Waals surface area contributed by atoms with E-state index in [1.807, 2.05) is 24.3 Å². The number of ether oxygens (including phenoxy) is 1. The van der Waals surface area contributed by atoms with Crippen molar-refractivity contribution >= 4 is 0 Å². The van der Waals surface area contributed by atoms with Gasteiger partial charge in [-0.2, -0.15) is 5.26 Å². The summed E-state index contributed by atoms with van der Waals surface area (Å²) in [6.07, 6.45) is 0. The number of aliphatic hydroxyl groups excluding tert-OH is 1. The van der Waals surface area contributed by atoms with Gasteiger partial charge >= 0.3 is 0 Å². The molecule has 0 aromatic heterocycles. The van der Waals surface area contributed by atoms with Crippen LogP contribution in [0.4, 0.5) is 0 Å². The lowest BCUT2D eigenvalue weighted by atomic mass is 9.85. The van der Waals surface area contributed by atoms with Gasteiger partial charge < -0.3 is 9.84 Å². The first-order chi connectivity index (χ1) is 9.64. The fraction of sp³-hybridized carbons (Fsp3) is 0.562. The van der Waals surface area contributed by atoms with Crippen LogP contribution in [0.1, 0.15) is 31.0 Å². The molecule has 0 aliphatic carbocycles. The predicted octanol–water partition coefficient (Wildman–Crippen LogP) is 1.95. The van der Waals surface area contributed by atoms with E-state index in [9.17, 15) is 5.11 Å². The summed E-state index contributed by atoms with van der Waals surface area (Å²) in [4.78, 5) is 2.35. The van der Waals surface area contributed by atoms with Gasteiger partial charge in [0.25, 0.3) is 0 Å².